The average Bonchev–Trinajstić information content (AvgIpc) is 3.23. The summed E-state index contributed by atoms with van der Waals surface area (Å²) in [5.41, 5.74) is 0.897. The number of amides is 1. The van der Waals surface area contributed by atoms with E-state index < -0.39 is 0 Å². The van der Waals surface area contributed by atoms with E-state index in [0.29, 0.717) is 10.8 Å². The van der Waals surface area contributed by atoms with Gasteiger partial charge in [0.25, 0.3) is 0 Å². The molecule has 1 atom stereocenters. The maximum atomic E-state index is 12.3. The van der Waals surface area contributed by atoms with Crippen LogP contribution in [0.25, 0.3) is 6.08 Å². The van der Waals surface area contributed by atoms with Gasteiger partial charge < -0.3 is 14.3 Å². The lowest BCUT2D eigenvalue weighted by Gasteiger charge is -2.18. The van der Waals surface area contributed by atoms with E-state index in [2.05, 4.69) is 10.3 Å². The molecule has 0 bridgehead atoms. The number of nitrogens with zero attached hydrogens (tertiary/aromatic N) is 2. The zero-order valence-electron chi connectivity index (χ0n) is 13.0. The zero-order valence-corrected chi connectivity index (χ0v) is 13.8. The standard InChI is InChI=1S/C18H16ClN3O2/c1-22-11-10-20-18(22)17(13-4-6-14(19)7-5-13)21-16(23)9-8-15-3-2-12-24-15/h2-12,17H,1H3,(H,21,23)/b9-8+. The van der Waals surface area contributed by atoms with E-state index in [-0.39, 0.29) is 11.9 Å². The summed E-state index contributed by atoms with van der Waals surface area (Å²) >= 11 is 5.96. The molecule has 0 saturated carbocycles. The summed E-state index contributed by atoms with van der Waals surface area (Å²) in [5.74, 6) is 1.11. The van der Waals surface area contributed by atoms with Gasteiger partial charge in [0.1, 0.15) is 17.6 Å². The number of imidazole rings is 1. The van der Waals surface area contributed by atoms with Crippen LogP contribution >= 0.6 is 11.6 Å². The summed E-state index contributed by atoms with van der Waals surface area (Å²) in [6.45, 7) is 0. The predicted octanol–water partition coefficient (Wildman–Crippen LogP) is 3.59. The Kier molecular flexibility index (Phi) is 4.82. The zero-order chi connectivity index (χ0) is 16.9. The van der Waals surface area contributed by atoms with Crippen LogP contribution in [0, 0.1) is 0 Å². The van der Waals surface area contributed by atoms with E-state index in [1.54, 1.807) is 42.8 Å². The molecule has 24 heavy (non-hydrogen) atoms. The molecular formula is C18H16ClN3O2. The minimum atomic E-state index is -0.379. The van der Waals surface area contributed by atoms with E-state index >= 15 is 0 Å². The quantitative estimate of drug-likeness (QED) is 0.721. The highest BCUT2D eigenvalue weighted by Gasteiger charge is 2.19. The molecule has 0 aliphatic rings. The number of aryl methyl sites for hydroxylation is 1. The van der Waals surface area contributed by atoms with Gasteiger partial charge in [0.15, 0.2) is 0 Å². The maximum absolute atomic E-state index is 12.3. The molecule has 3 rings (SSSR count). The van der Waals surface area contributed by atoms with E-state index in [0.717, 1.165) is 11.4 Å². The molecule has 0 saturated heterocycles. The van der Waals surface area contributed by atoms with Gasteiger partial charge >= 0.3 is 0 Å². The molecule has 0 spiro atoms. The third-order valence-corrected chi connectivity index (χ3v) is 3.80. The SMILES string of the molecule is Cn1ccnc1C(NC(=O)/C=C/c1ccco1)c1ccc(Cl)cc1. The van der Waals surface area contributed by atoms with E-state index in [4.69, 9.17) is 16.0 Å². The molecule has 1 amide bonds. The second-order valence-corrected chi connectivity index (χ2v) is 5.67. The molecule has 6 heteroatoms. The maximum Gasteiger partial charge on any atom is 0.244 e. The van der Waals surface area contributed by atoms with Crippen molar-refractivity contribution in [2.45, 2.75) is 6.04 Å². The van der Waals surface area contributed by atoms with Gasteiger partial charge in [0.2, 0.25) is 5.91 Å². The first-order valence-corrected chi connectivity index (χ1v) is 7.76. The second kappa shape index (κ2) is 7.19. The fourth-order valence-corrected chi connectivity index (χ4v) is 2.47. The van der Waals surface area contributed by atoms with Crippen molar-refractivity contribution >= 4 is 23.6 Å². The number of halogens is 1. The van der Waals surface area contributed by atoms with Crippen molar-refractivity contribution in [1.82, 2.24) is 14.9 Å². The monoisotopic (exact) mass is 341 g/mol. The van der Waals surface area contributed by atoms with Gasteiger partial charge in [-0.05, 0) is 35.9 Å². The Hall–Kier alpha value is -2.79. The van der Waals surface area contributed by atoms with Gasteiger partial charge in [-0.1, -0.05) is 23.7 Å². The molecule has 0 radical (unpaired) electrons. The van der Waals surface area contributed by atoms with Crippen molar-refractivity contribution in [2.24, 2.45) is 7.05 Å². The lowest BCUT2D eigenvalue weighted by Crippen LogP contribution is -2.29. The van der Waals surface area contributed by atoms with Crippen LogP contribution in [0.4, 0.5) is 0 Å². The molecule has 5 nitrogen and oxygen atoms in total. The molecule has 122 valence electrons. The van der Waals surface area contributed by atoms with E-state index in [9.17, 15) is 4.79 Å². The lowest BCUT2D eigenvalue weighted by atomic mass is 10.1. The highest BCUT2D eigenvalue weighted by molar-refractivity contribution is 6.30. The number of aromatic nitrogens is 2. The Morgan fingerprint density at radius 1 is 1.33 bits per heavy atom. The first-order chi connectivity index (χ1) is 11.6. The van der Waals surface area contributed by atoms with E-state index in [1.165, 1.54) is 6.08 Å². The first-order valence-electron chi connectivity index (χ1n) is 7.38. The fraction of sp³-hybridized carbons (Fsp3) is 0.111. The Bertz CT molecular complexity index is 836. The summed E-state index contributed by atoms with van der Waals surface area (Å²) in [4.78, 5) is 16.6. The van der Waals surface area contributed by atoms with Crippen molar-refractivity contribution in [1.29, 1.82) is 0 Å². The number of furan rings is 1. The van der Waals surface area contributed by atoms with Gasteiger partial charge in [-0.3, -0.25) is 4.79 Å². The molecule has 0 fully saturated rings. The smallest absolute Gasteiger partial charge is 0.244 e. The highest BCUT2D eigenvalue weighted by atomic mass is 35.5. The fourth-order valence-electron chi connectivity index (χ4n) is 2.34. The number of benzene rings is 1. The molecular weight excluding hydrogens is 326 g/mol. The van der Waals surface area contributed by atoms with Crippen LogP contribution in [-0.4, -0.2) is 15.5 Å². The minimum Gasteiger partial charge on any atom is -0.465 e. The number of hydrogen-bond donors (Lipinski definition) is 1. The summed E-state index contributed by atoms with van der Waals surface area (Å²) in [6.07, 6.45) is 8.14. The number of rotatable bonds is 5. The van der Waals surface area contributed by atoms with Crippen LogP contribution in [0.15, 0.2) is 65.5 Å². The Morgan fingerprint density at radius 2 is 2.12 bits per heavy atom. The topological polar surface area (TPSA) is 60.1 Å². The lowest BCUT2D eigenvalue weighted by molar-refractivity contribution is -0.117. The summed E-state index contributed by atoms with van der Waals surface area (Å²) < 4.78 is 7.05. The highest BCUT2D eigenvalue weighted by Crippen LogP contribution is 2.22. The molecule has 3 aromatic rings. The third-order valence-electron chi connectivity index (χ3n) is 3.55. The van der Waals surface area contributed by atoms with Crippen LogP contribution in [-0.2, 0) is 11.8 Å². The second-order valence-electron chi connectivity index (χ2n) is 5.24. The molecule has 1 unspecified atom stereocenters. The number of nitrogens with one attached hydrogen (secondary N) is 1. The van der Waals surface area contributed by atoms with Crippen LogP contribution in [0.1, 0.15) is 23.2 Å². The molecule has 2 aromatic heterocycles. The van der Waals surface area contributed by atoms with Crippen LogP contribution in [0.5, 0.6) is 0 Å². The molecule has 0 aliphatic heterocycles. The molecule has 1 aromatic carbocycles. The van der Waals surface area contributed by atoms with Crippen molar-refractivity contribution in [3.8, 4) is 0 Å². The van der Waals surface area contributed by atoms with Crippen LogP contribution in [0.2, 0.25) is 5.02 Å². The largest absolute Gasteiger partial charge is 0.465 e. The molecule has 0 aliphatic carbocycles. The normalized spacial score (nSPS) is 12.4. The number of hydrogen-bond acceptors (Lipinski definition) is 3. The summed E-state index contributed by atoms with van der Waals surface area (Å²) in [6, 6.07) is 10.5. The summed E-state index contributed by atoms with van der Waals surface area (Å²) in [7, 11) is 1.89. The Morgan fingerprint density at radius 3 is 2.75 bits per heavy atom. The molecule has 2 heterocycles. The number of carbonyl (C=O) groups is 1. The van der Waals surface area contributed by atoms with Gasteiger partial charge in [-0.25, -0.2) is 4.98 Å². The third kappa shape index (κ3) is 3.75. The van der Waals surface area contributed by atoms with Crippen molar-refractivity contribution < 1.29 is 9.21 Å². The van der Waals surface area contributed by atoms with Crippen molar-refractivity contribution in [3.63, 3.8) is 0 Å². The van der Waals surface area contributed by atoms with Gasteiger partial charge in [-0.15, -0.1) is 0 Å². The van der Waals surface area contributed by atoms with Crippen molar-refractivity contribution in [3.05, 3.63) is 83.3 Å². The van der Waals surface area contributed by atoms with E-state index in [1.807, 2.05) is 29.9 Å². The Balaban J connectivity index is 1.84. The number of carbonyl (C=O) groups excluding carboxylic acids is 1. The summed E-state index contributed by atoms with van der Waals surface area (Å²) in [5, 5.41) is 3.60. The predicted molar refractivity (Wildman–Crippen MR) is 92.4 cm³/mol. The Labute approximate surface area is 144 Å². The average molecular weight is 342 g/mol. The van der Waals surface area contributed by atoms with Crippen molar-refractivity contribution in [2.75, 3.05) is 0 Å². The molecule has 1 N–H and O–H groups in total. The van der Waals surface area contributed by atoms with Crippen LogP contribution < -0.4 is 5.32 Å². The van der Waals surface area contributed by atoms with Crippen LogP contribution in [0.3, 0.4) is 0 Å². The first kappa shape index (κ1) is 16.1. The van der Waals surface area contributed by atoms with Gasteiger partial charge in [0.05, 0.1) is 6.26 Å². The van der Waals surface area contributed by atoms with Gasteiger partial charge in [0, 0.05) is 30.5 Å². The minimum absolute atomic E-state index is 0.241. The van der Waals surface area contributed by atoms with Gasteiger partial charge in [-0.2, -0.15) is 0 Å².